The standard InChI is InChI=1S/C18H20N2O5S/c1-19-10-5-8-16(19)18(22)25-12-17(21)20(14-6-3-2-4-7-14)15-9-11-26(23,24)13-15/h2-8,10,15H,9,11-13H2,1H3/t15-/m0/s1. The van der Waals surface area contributed by atoms with Crippen LogP contribution in [0.2, 0.25) is 0 Å². The number of nitrogens with zero attached hydrogens (tertiary/aromatic N) is 2. The summed E-state index contributed by atoms with van der Waals surface area (Å²) < 4.78 is 30.4. The van der Waals surface area contributed by atoms with Crippen molar-refractivity contribution in [1.82, 2.24) is 4.57 Å². The third-order valence-electron chi connectivity index (χ3n) is 4.36. The molecule has 0 spiro atoms. The van der Waals surface area contributed by atoms with Crippen molar-refractivity contribution >= 4 is 27.4 Å². The van der Waals surface area contributed by atoms with Crippen molar-refractivity contribution in [3.63, 3.8) is 0 Å². The Hall–Kier alpha value is -2.61. The van der Waals surface area contributed by atoms with Crippen molar-refractivity contribution in [1.29, 1.82) is 0 Å². The molecule has 1 amide bonds. The third kappa shape index (κ3) is 3.96. The quantitative estimate of drug-likeness (QED) is 0.737. The number of para-hydroxylation sites is 1. The van der Waals surface area contributed by atoms with E-state index in [0.717, 1.165) is 0 Å². The van der Waals surface area contributed by atoms with Crippen LogP contribution in [0.4, 0.5) is 5.69 Å². The summed E-state index contributed by atoms with van der Waals surface area (Å²) >= 11 is 0. The molecule has 1 atom stereocenters. The molecule has 0 N–H and O–H groups in total. The molecule has 1 aliphatic heterocycles. The molecular formula is C18H20N2O5S. The molecule has 0 aliphatic carbocycles. The molecule has 0 unspecified atom stereocenters. The fourth-order valence-corrected chi connectivity index (χ4v) is 4.77. The number of carbonyl (C=O) groups is 2. The van der Waals surface area contributed by atoms with E-state index in [-0.39, 0.29) is 11.5 Å². The van der Waals surface area contributed by atoms with Crippen LogP contribution in [0.1, 0.15) is 16.9 Å². The van der Waals surface area contributed by atoms with Crippen molar-refractivity contribution < 1.29 is 22.7 Å². The van der Waals surface area contributed by atoms with Gasteiger partial charge in [0.05, 0.1) is 17.5 Å². The lowest BCUT2D eigenvalue weighted by Crippen LogP contribution is -2.43. The summed E-state index contributed by atoms with van der Waals surface area (Å²) in [7, 11) is -1.45. The Kier molecular flexibility index (Phi) is 5.13. The van der Waals surface area contributed by atoms with Gasteiger partial charge in [0.1, 0.15) is 5.69 Å². The van der Waals surface area contributed by atoms with E-state index in [1.807, 2.05) is 6.07 Å². The summed E-state index contributed by atoms with van der Waals surface area (Å²) in [6.45, 7) is -0.449. The average molecular weight is 376 g/mol. The van der Waals surface area contributed by atoms with Gasteiger partial charge in [-0.25, -0.2) is 13.2 Å². The number of sulfone groups is 1. The number of benzene rings is 1. The lowest BCUT2D eigenvalue weighted by atomic mass is 10.2. The van der Waals surface area contributed by atoms with Crippen molar-refractivity contribution in [2.45, 2.75) is 12.5 Å². The van der Waals surface area contributed by atoms with Crippen LogP contribution in [-0.2, 0) is 26.4 Å². The maximum absolute atomic E-state index is 12.7. The van der Waals surface area contributed by atoms with Crippen LogP contribution >= 0.6 is 0 Å². The van der Waals surface area contributed by atoms with E-state index < -0.39 is 34.4 Å². The minimum absolute atomic E-state index is 0.0530. The highest BCUT2D eigenvalue weighted by Gasteiger charge is 2.35. The average Bonchev–Trinajstić information content (AvgIpc) is 3.19. The molecule has 26 heavy (non-hydrogen) atoms. The van der Waals surface area contributed by atoms with Gasteiger partial charge in [-0.1, -0.05) is 18.2 Å². The zero-order chi connectivity index (χ0) is 18.7. The first-order valence-corrected chi connectivity index (χ1v) is 10.1. The molecule has 138 valence electrons. The van der Waals surface area contributed by atoms with E-state index in [9.17, 15) is 18.0 Å². The van der Waals surface area contributed by atoms with E-state index in [2.05, 4.69) is 0 Å². The number of esters is 1. The Morgan fingerprint density at radius 2 is 1.92 bits per heavy atom. The number of rotatable bonds is 5. The molecule has 1 aromatic heterocycles. The zero-order valence-corrected chi connectivity index (χ0v) is 15.2. The van der Waals surface area contributed by atoms with Crippen LogP contribution in [-0.4, -0.2) is 49.0 Å². The molecule has 7 nitrogen and oxygen atoms in total. The van der Waals surface area contributed by atoms with Gasteiger partial charge in [-0.3, -0.25) is 4.79 Å². The second-order valence-electron chi connectivity index (χ2n) is 6.24. The summed E-state index contributed by atoms with van der Waals surface area (Å²) in [6.07, 6.45) is 2.08. The van der Waals surface area contributed by atoms with Gasteiger partial charge in [-0.05, 0) is 30.7 Å². The molecular weight excluding hydrogens is 356 g/mol. The maximum Gasteiger partial charge on any atom is 0.355 e. The lowest BCUT2D eigenvalue weighted by Gasteiger charge is -2.28. The van der Waals surface area contributed by atoms with E-state index in [1.165, 1.54) is 4.90 Å². The van der Waals surface area contributed by atoms with E-state index in [0.29, 0.717) is 17.8 Å². The second kappa shape index (κ2) is 7.33. The summed E-state index contributed by atoms with van der Waals surface area (Å²) in [5.41, 5.74) is 0.932. The third-order valence-corrected chi connectivity index (χ3v) is 6.11. The zero-order valence-electron chi connectivity index (χ0n) is 14.4. The van der Waals surface area contributed by atoms with Gasteiger partial charge in [0.15, 0.2) is 16.4 Å². The Bertz CT molecular complexity index is 905. The molecule has 2 aromatic rings. The smallest absolute Gasteiger partial charge is 0.355 e. The van der Waals surface area contributed by atoms with Gasteiger partial charge in [0.25, 0.3) is 5.91 Å². The molecule has 0 saturated carbocycles. The number of aryl methyl sites for hydroxylation is 1. The Morgan fingerprint density at radius 1 is 1.19 bits per heavy atom. The molecule has 2 heterocycles. The topological polar surface area (TPSA) is 85.7 Å². The SMILES string of the molecule is Cn1cccc1C(=O)OCC(=O)N(c1ccccc1)[C@H]1CCS(=O)(=O)C1. The fourth-order valence-electron chi connectivity index (χ4n) is 3.07. The van der Waals surface area contributed by atoms with Gasteiger partial charge in [0, 0.05) is 18.9 Å². The number of amides is 1. The molecule has 1 fully saturated rings. The number of aromatic nitrogens is 1. The Balaban J connectivity index is 1.75. The van der Waals surface area contributed by atoms with E-state index in [1.54, 1.807) is 54.2 Å². The van der Waals surface area contributed by atoms with Crippen LogP contribution in [0.15, 0.2) is 48.7 Å². The number of ether oxygens (including phenoxy) is 1. The number of hydrogen-bond acceptors (Lipinski definition) is 5. The van der Waals surface area contributed by atoms with Crippen LogP contribution < -0.4 is 4.90 Å². The van der Waals surface area contributed by atoms with Crippen LogP contribution in [0, 0.1) is 0 Å². The molecule has 1 aromatic carbocycles. The first-order valence-electron chi connectivity index (χ1n) is 8.23. The fraction of sp³-hybridized carbons (Fsp3) is 0.333. The lowest BCUT2D eigenvalue weighted by molar-refractivity contribution is -0.122. The predicted octanol–water partition coefficient (Wildman–Crippen LogP) is 1.40. The summed E-state index contributed by atoms with van der Waals surface area (Å²) in [6, 6.07) is 11.7. The highest BCUT2D eigenvalue weighted by atomic mass is 32.2. The van der Waals surface area contributed by atoms with Crippen molar-refractivity contribution in [2.24, 2.45) is 7.05 Å². The first kappa shape index (κ1) is 18.2. The first-order chi connectivity index (χ1) is 12.4. The molecule has 1 saturated heterocycles. The van der Waals surface area contributed by atoms with Crippen LogP contribution in [0.5, 0.6) is 0 Å². The number of hydrogen-bond donors (Lipinski definition) is 0. The van der Waals surface area contributed by atoms with Crippen LogP contribution in [0.25, 0.3) is 0 Å². The van der Waals surface area contributed by atoms with Crippen molar-refractivity contribution in [2.75, 3.05) is 23.0 Å². The summed E-state index contributed by atoms with van der Waals surface area (Å²) in [5.74, 6) is -1.07. The minimum Gasteiger partial charge on any atom is -0.451 e. The second-order valence-corrected chi connectivity index (χ2v) is 8.47. The molecule has 3 rings (SSSR count). The number of carbonyl (C=O) groups excluding carboxylic acids is 2. The van der Waals surface area contributed by atoms with Crippen molar-refractivity contribution in [3.8, 4) is 0 Å². The van der Waals surface area contributed by atoms with Crippen LogP contribution in [0.3, 0.4) is 0 Å². The minimum atomic E-state index is -3.16. The highest BCUT2D eigenvalue weighted by Crippen LogP contribution is 2.24. The molecule has 0 radical (unpaired) electrons. The normalized spacial score (nSPS) is 18.4. The predicted molar refractivity (Wildman–Crippen MR) is 96.7 cm³/mol. The number of anilines is 1. The Morgan fingerprint density at radius 3 is 2.50 bits per heavy atom. The van der Waals surface area contributed by atoms with Gasteiger partial charge in [0.2, 0.25) is 0 Å². The van der Waals surface area contributed by atoms with E-state index in [4.69, 9.17) is 4.74 Å². The summed E-state index contributed by atoms with van der Waals surface area (Å²) in [4.78, 5) is 26.3. The Labute approximate surface area is 152 Å². The maximum atomic E-state index is 12.7. The van der Waals surface area contributed by atoms with Gasteiger partial charge in [-0.15, -0.1) is 0 Å². The molecule has 0 bridgehead atoms. The monoisotopic (exact) mass is 376 g/mol. The largest absolute Gasteiger partial charge is 0.451 e. The van der Waals surface area contributed by atoms with E-state index >= 15 is 0 Å². The van der Waals surface area contributed by atoms with Gasteiger partial charge in [-0.2, -0.15) is 0 Å². The van der Waals surface area contributed by atoms with Crippen molar-refractivity contribution in [3.05, 3.63) is 54.4 Å². The van der Waals surface area contributed by atoms with Gasteiger partial charge < -0.3 is 14.2 Å². The molecule has 1 aliphatic rings. The molecule has 8 heteroatoms. The van der Waals surface area contributed by atoms with Gasteiger partial charge >= 0.3 is 5.97 Å². The highest BCUT2D eigenvalue weighted by molar-refractivity contribution is 7.91. The summed E-state index contributed by atoms with van der Waals surface area (Å²) in [5, 5.41) is 0.